The average Bonchev–Trinajstić information content (AvgIpc) is 2.34. The Morgan fingerprint density at radius 2 is 2.12 bits per heavy atom. The summed E-state index contributed by atoms with van der Waals surface area (Å²) in [6.07, 6.45) is 0.826. The van der Waals surface area contributed by atoms with Gasteiger partial charge in [0.2, 0.25) is 0 Å². The van der Waals surface area contributed by atoms with Gasteiger partial charge in [-0.3, -0.25) is 9.63 Å². The second-order valence-corrected chi connectivity index (χ2v) is 3.50. The molecule has 0 bridgehead atoms. The predicted octanol–water partition coefficient (Wildman–Crippen LogP) is 1.45. The summed E-state index contributed by atoms with van der Waals surface area (Å²) in [5, 5.41) is 1.28. The normalized spacial score (nSPS) is 10.0. The number of rotatable bonds is 6. The van der Waals surface area contributed by atoms with Crippen LogP contribution in [0.5, 0.6) is 5.75 Å². The van der Waals surface area contributed by atoms with Crippen LogP contribution in [0, 0.1) is 0 Å². The highest BCUT2D eigenvalue weighted by Gasteiger charge is 2.13. The molecule has 0 aromatic heterocycles. The third-order valence-corrected chi connectivity index (χ3v) is 2.20. The summed E-state index contributed by atoms with van der Waals surface area (Å²) >= 11 is 0. The number of hydrogen-bond donors (Lipinski definition) is 1. The van der Waals surface area contributed by atoms with Crippen LogP contribution in [0.25, 0.3) is 0 Å². The van der Waals surface area contributed by atoms with E-state index >= 15 is 0 Å². The molecule has 2 N–H and O–H groups in total. The van der Waals surface area contributed by atoms with E-state index in [-0.39, 0.29) is 12.5 Å². The first-order valence-electron chi connectivity index (χ1n) is 5.50. The van der Waals surface area contributed by atoms with E-state index in [1.54, 1.807) is 18.2 Å². The highest BCUT2D eigenvalue weighted by Crippen LogP contribution is 2.19. The molecular weight excluding hydrogens is 220 g/mol. The minimum absolute atomic E-state index is 0.0813. The Labute approximate surface area is 101 Å². The Bertz CT molecular complexity index is 369. The molecule has 0 heterocycles. The van der Waals surface area contributed by atoms with Crippen molar-refractivity contribution < 1.29 is 14.4 Å². The van der Waals surface area contributed by atoms with Crippen molar-refractivity contribution in [3.63, 3.8) is 0 Å². The number of para-hydroxylation sites is 2. The summed E-state index contributed by atoms with van der Waals surface area (Å²) < 4.78 is 5.33. The lowest BCUT2D eigenvalue weighted by Crippen LogP contribution is -2.34. The number of ether oxygens (including phenoxy) is 1. The Balaban J connectivity index is 2.50. The van der Waals surface area contributed by atoms with E-state index in [2.05, 4.69) is 0 Å². The largest absolute Gasteiger partial charge is 0.482 e. The SMILES string of the molecule is CCCN(OC)C(=O)COc1ccccc1N. The first kappa shape index (κ1) is 13.3. The number of nitrogens with zero attached hydrogens (tertiary/aromatic N) is 1. The van der Waals surface area contributed by atoms with Crippen molar-refractivity contribution in [2.45, 2.75) is 13.3 Å². The number of amides is 1. The van der Waals surface area contributed by atoms with Gasteiger partial charge >= 0.3 is 0 Å². The van der Waals surface area contributed by atoms with Gasteiger partial charge in [-0.15, -0.1) is 0 Å². The third-order valence-electron chi connectivity index (χ3n) is 2.20. The van der Waals surface area contributed by atoms with Gasteiger partial charge in [0.15, 0.2) is 6.61 Å². The standard InChI is InChI=1S/C12H18N2O3/c1-3-8-14(16-2)12(15)9-17-11-7-5-4-6-10(11)13/h4-7H,3,8-9,13H2,1-2H3. The van der Waals surface area contributed by atoms with E-state index < -0.39 is 0 Å². The van der Waals surface area contributed by atoms with Gasteiger partial charge in [-0.25, -0.2) is 5.06 Å². The average molecular weight is 238 g/mol. The molecule has 1 amide bonds. The van der Waals surface area contributed by atoms with Crippen molar-refractivity contribution in [3.8, 4) is 5.75 Å². The summed E-state index contributed by atoms with van der Waals surface area (Å²) in [5.74, 6) is 0.283. The molecule has 0 saturated carbocycles. The van der Waals surface area contributed by atoms with Crippen LogP contribution >= 0.6 is 0 Å². The van der Waals surface area contributed by atoms with Gasteiger partial charge < -0.3 is 10.5 Å². The van der Waals surface area contributed by atoms with Crippen LogP contribution in [0.1, 0.15) is 13.3 Å². The van der Waals surface area contributed by atoms with Crippen LogP contribution in [0.3, 0.4) is 0 Å². The lowest BCUT2D eigenvalue weighted by Gasteiger charge is -2.19. The molecule has 0 aliphatic heterocycles. The summed E-state index contributed by atoms with van der Waals surface area (Å²) in [6, 6.07) is 7.05. The number of anilines is 1. The summed E-state index contributed by atoms with van der Waals surface area (Å²) in [6.45, 7) is 2.43. The Morgan fingerprint density at radius 1 is 1.41 bits per heavy atom. The second kappa shape index (κ2) is 6.75. The number of hydrogen-bond acceptors (Lipinski definition) is 4. The minimum Gasteiger partial charge on any atom is -0.482 e. The maximum absolute atomic E-state index is 11.7. The predicted molar refractivity (Wildman–Crippen MR) is 65.4 cm³/mol. The van der Waals surface area contributed by atoms with Crippen molar-refractivity contribution in [1.82, 2.24) is 5.06 Å². The van der Waals surface area contributed by atoms with E-state index in [9.17, 15) is 4.79 Å². The van der Waals surface area contributed by atoms with Crippen molar-refractivity contribution in [2.75, 3.05) is 26.0 Å². The zero-order valence-corrected chi connectivity index (χ0v) is 10.2. The molecular formula is C12H18N2O3. The first-order valence-corrected chi connectivity index (χ1v) is 5.50. The Morgan fingerprint density at radius 3 is 2.71 bits per heavy atom. The van der Waals surface area contributed by atoms with E-state index in [1.165, 1.54) is 12.2 Å². The highest BCUT2D eigenvalue weighted by atomic mass is 16.7. The lowest BCUT2D eigenvalue weighted by molar-refractivity contribution is -0.178. The summed E-state index contributed by atoms with van der Waals surface area (Å²) in [4.78, 5) is 16.6. The van der Waals surface area contributed by atoms with Crippen LogP contribution in [-0.4, -0.2) is 31.2 Å². The van der Waals surface area contributed by atoms with Gasteiger partial charge in [0.25, 0.3) is 5.91 Å². The maximum atomic E-state index is 11.7. The van der Waals surface area contributed by atoms with Crippen LogP contribution < -0.4 is 10.5 Å². The monoisotopic (exact) mass is 238 g/mol. The molecule has 17 heavy (non-hydrogen) atoms. The van der Waals surface area contributed by atoms with Gasteiger partial charge in [-0.05, 0) is 18.6 Å². The summed E-state index contributed by atoms with van der Waals surface area (Å²) in [5.41, 5.74) is 6.21. The molecule has 0 fully saturated rings. The van der Waals surface area contributed by atoms with E-state index in [0.717, 1.165) is 6.42 Å². The van der Waals surface area contributed by atoms with Crippen molar-refractivity contribution >= 4 is 11.6 Å². The quantitative estimate of drug-likeness (QED) is 0.601. The fourth-order valence-corrected chi connectivity index (χ4v) is 1.34. The molecule has 1 aromatic carbocycles. The Kier molecular flexibility index (Phi) is 5.29. The van der Waals surface area contributed by atoms with Crippen LogP contribution in [0.15, 0.2) is 24.3 Å². The highest BCUT2D eigenvalue weighted by molar-refractivity contribution is 5.76. The van der Waals surface area contributed by atoms with E-state index in [0.29, 0.717) is 18.0 Å². The van der Waals surface area contributed by atoms with E-state index in [4.69, 9.17) is 15.3 Å². The smallest absolute Gasteiger partial charge is 0.283 e. The van der Waals surface area contributed by atoms with Gasteiger partial charge in [0.05, 0.1) is 12.8 Å². The molecule has 0 spiro atoms. The third kappa shape index (κ3) is 3.96. The molecule has 0 atom stereocenters. The molecule has 0 unspecified atom stereocenters. The van der Waals surface area contributed by atoms with Crippen LogP contribution in [-0.2, 0) is 9.63 Å². The first-order chi connectivity index (χ1) is 8.19. The van der Waals surface area contributed by atoms with Crippen molar-refractivity contribution in [2.24, 2.45) is 0 Å². The fourth-order valence-electron chi connectivity index (χ4n) is 1.34. The minimum atomic E-state index is -0.224. The molecule has 5 heteroatoms. The molecule has 1 rings (SSSR count). The fraction of sp³-hybridized carbons (Fsp3) is 0.417. The number of carbonyl (C=O) groups excluding carboxylic acids is 1. The van der Waals surface area contributed by atoms with Crippen molar-refractivity contribution in [3.05, 3.63) is 24.3 Å². The number of benzene rings is 1. The second-order valence-electron chi connectivity index (χ2n) is 3.50. The lowest BCUT2D eigenvalue weighted by atomic mass is 10.3. The molecule has 5 nitrogen and oxygen atoms in total. The number of nitrogen functional groups attached to an aromatic ring is 1. The van der Waals surface area contributed by atoms with E-state index in [1.807, 2.05) is 13.0 Å². The molecule has 94 valence electrons. The number of carbonyl (C=O) groups is 1. The van der Waals surface area contributed by atoms with Crippen LogP contribution in [0.2, 0.25) is 0 Å². The molecule has 0 aliphatic carbocycles. The molecule has 0 radical (unpaired) electrons. The molecule has 0 aliphatic rings. The van der Waals surface area contributed by atoms with Gasteiger partial charge in [0, 0.05) is 6.54 Å². The van der Waals surface area contributed by atoms with Gasteiger partial charge in [-0.2, -0.15) is 0 Å². The topological polar surface area (TPSA) is 64.8 Å². The molecule has 0 saturated heterocycles. The van der Waals surface area contributed by atoms with Gasteiger partial charge in [0.1, 0.15) is 5.75 Å². The van der Waals surface area contributed by atoms with Gasteiger partial charge in [-0.1, -0.05) is 19.1 Å². The number of hydroxylamine groups is 2. The summed E-state index contributed by atoms with van der Waals surface area (Å²) in [7, 11) is 1.46. The Hall–Kier alpha value is -1.75. The number of nitrogens with two attached hydrogens (primary N) is 1. The zero-order chi connectivity index (χ0) is 12.7. The molecule has 1 aromatic rings. The maximum Gasteiger partial charge on any atom is 0.283 e. The van der Waals surface area contributed by atoms with Crippen molar-refractivity contribution in [1.29, 1.82) is 0 Å². The van der Waals surface area contributed by atoms with Crippen LogP contribution in [0.4, 0.5) is 5.69 Å². The zero-order valence-electron chi connectivity index (χ0n) is 10.2.